The zero-order valence-electron chi connectivity index (χ0n) is 19.5. The predicted octanol–water partition coefficient (Wildman–Crippen LogP) is 5.26. The third-order valence-corrected chi connectivity index (χ3v) is 5.88. The van der Waals surface area contributed by atoms with Crippen molar-refractivity contribution in [3.05, 3.63) is 112 Å². The molecule has 0 aliphatic rings. The molecule has 2 aromatic heterocycles. The molecule has 2 heterocycles. The summed E-state index contributed by atoms with van der Waals surface area (Å²) in [6, 6.07) is 25.4. The topological polar surface area (TPSA) is 127 Å². The number of nitro groups is 1. The maximum absolute atomic E-state index is 12.9. The zero-order chi connectivity index (χ0) is 25.8. The summed E-state index contributed by atoms with van der Waals surface area (Å²) in [7, 11) is 0. The van der Waals surface area contributed by atoms with Crippen molar-refractivity contribution >= 4 is 45.7 Å². The molecule has 0 saturated carbocycles. The number of para-hydroxylation sites is 2. The summed E-state index contributed by atoms with van der Waals surface area (Å²) < 4.78 is 1.80. The molecule has 0 saturated heterocycles. The van der Waals surface area contributed by atoms with E-state index in [1.54, 1.807) is 16.7 Å². The number of nitrogens with one attached hydrogen (secondary N) is 1. The second-order valence-electron chi connectivity index (χ2n) is 8.28. The number of hydrogen-bond acceptors (Lipinski definition) is 6. The molecule has 1 N–H and O–H groups in total. The highest BCUT2D eigenvalue weighted by molar-refractivity contribution is 6.05. The first kappa shape index (κ1) is 23.4. The van der Waals surface area contributed by atoms with Crippen molar-refractivity contribution in [2.75, 3.05) is 5.32 Å². The van der Waals surface area contributed by atoms with E-state index >= 15 is 0 Å². The molecule has 0 aliphatic heterocycles. The van der Waals surface area contributed by atoms with E-state index in [4.69, 9.17) is 4.98 Å². The maximum atomic E-state index is 12.9. The minimum Gasteiger partial charge on any atom is -0.309 e. The van der Waals surface area contributed by atoms with Crippen LogP contribution in [0.3, 0.4) is 0 Å². The van der Waals surface area contributed by atoms with E-state index in [1.807, 2.05) is 54.6 Å². The van der Waals surface area contributed by atoms with Gasteiger partial charge in [-0.05, 0) is 35.8 Å². The van der Waals surface area contributed by atoms with Crippen molar-refractivity contribution in [3.8, 4) is 6.07 Å². The molecule has 5 aromatic rings. The van der Waals surface area contributed by atoms with Gasteiger partial charge in [-0.25, -0.2) is 9.97 Å². The van der Waals surface area contributed by atoms with E-state index in [1.165, 1.54) is 24.3 Å². The van der Waals surface area contributed by atoms with E-state index in [-0.39, 0.29) is 11.3 Å². The predicted molar refractivity (Wildman–Crippen MR) is 141 cm³/mol. The van der Waals surface area contributed by atoms with E-state index in [2.05, 4.69) is 16.4 Å². The number of aromatic nitrogens is 3. The number of nitro benzene ring substituents is 1. The first-order valence-corrected chi connectivity index (χ1v) is 11.5. The van der Waals surface area contributed by atoms with Gasteiger partial charge in [0.2, 0.25) is 5.91 Å². The number of rotatable bonds is 7. The number of aryl methyl sites for hydroxylation is 2. The summed E-state index contributed by atoms with van der Waals surface area (Å²) in [5, 5.41) is 23.9. The van der Waals surface area contributed by atoms with Crippen LogP contribution in [0.2, 0.25) is 0 Å². The summed E-state index contributed by atoms with van der Waals surface area (Å²) in [6.45, 7) is 0.458. The van der Waals surface area contributed by atoms with Crippen LogP contribution >= 0.6 is 0 Å². The van der Waals surface area contributed by atoms with E-state index in [0.29, 0.717) is 46.5 Å². The molecule has 0 atom stereocenters. The van der Waals surface area contributed by atoms with E-state index < -0.39 is 10.8 Å². The maximum Gasteiger partial charge on any atom is 0.270 e. The molecule has 0 aliphatic carbocycles. The largest absolute Gasteiger partial charge is 0.309 e. The van der Waals surface area contributed by atoms with Crippen molar-refractivity contribution < 1.29 is 9.72 Å². The molecule has 180 valence electrons. The molecule has 0 fully saturated rings. The Bertz CT molecular complexity index is 1720. The number of nitriles is 1. The van der Waals surface area contributed by atoms with Crippen LogP contribution in [0.1, 0.15) is 16.7 Å². The van der Waals surface area contributed by atoms with Gasteiger partial charge in [0.1, 0.15) is 23.0 Å². The molecule has 3 aromatic carbocycles. The molecule has 9 heteroatoms. The summed E-state index contributed by atoms with van der Waals surface area (Å²) in [5.41, 5.74) is 3.99. The Morgan fingerprint density at radius 1 is 1.03 bits per heavy atom. The quantitative estimate of drug-likeness (QED) is 0.189. The number of non-ortho nitro benzene ring substituents is 1. The van der Waals surface area contributed by atoms with Crippen LogP contribution in [0.4, 0.5) is 11.5 Å². The van der Waals surface area contributed by atoms with Gasteiger partial charge in [-0.1, -0.05) is 54.6 Å². The van der Waals surface area contributed by atoms with Crippen LogP contribution in [0.5, 0.6) is 0 Å². The smallest absolute Gasteiger partial charge is 0.270 e. The Balaban J connectivity index is 1.54. The van der Waals surface area contributed by atoms with Gasteiger partial charge in [0.15, 0.2) is 5.65 Å². The third-order valence-electron chi connectivity index (χ3n) is 5.88. The van der Waals surface area contributed by atoms with Crippen LogP contribution in [0.25, 0.3) is 28.3 Å². The molecular weight excluding hydrogens is 468 g/mol. The number of amides is 1. The minimum absolute atomic E-state index is 0.0698. The Morgan fingerprint density at radius 3 is 2.49 bits per heavy atom. The Kier molecular flexibility index (Phi) is 6.38. The fourth-order valence-electron chi connectivity index (χ4n) is 4.11. The number of carbonyl (C=O) groups is 1. The molecule has 9 nitrogen and oxygen atoms in total. The van der Waals surface area contributed by atoms with Crippen LogP contribution in [-0.2, 0) is 17.8 Å². The van der Waals surface area contributed by atoms with Crippen molar-refractivity contribution in [2.45, 2.75) is 13.0 Å². The van der Waals surface area contributed by atoms with Gasteiger partial charge in [-0.15, -0.1) is 0 Å². The van der Waals surface area contributed by atoms with Gasteiger partial charge in [-0.2, -0.15) is 5.26 Å². The number of benzene rings is 3. The molecular formula is C28H20N6O3. The highest BCUT2D eigenvalue weighted by atomic mass is 16.6. The van der Waals surface area contributed by atoms with Gasteiger partial charge < -0.3 is 9.88 Å². The van der Waals surface area contributed by atoms with Gasteiger partial charge in [0, 0.05) is 24.8 Å². The van der Waals surface area contributed by atoms with Gasteiger partial charge >= 0.3 is 0 Å². The van der Waals surface area contributed by atoms with Crippen LogP contribution in [-0.4, -0.2) is 25.4 Å². The SMILES string of the molecule is N#Cc1c(NC(=O)C=Cc2cccc([N+](=O)[O-])c2)n(CCc2ccccc2)c2nc3ccccc3nc12. The second-order valence-corrected chi connectivity index (χ2v) is 8.28. The van der Waals surface area contributed by atoms with Crippen LogP contribution < -0.4 is 5.32 Å². The highest BCUT2D eigenvalue weighted by Crippen LogP contribution is 2.30. The van der Waals surface area contributed by atoms with Crippen molar-refractivity contribution in [3.63, 3.8) is 0 Å². The molecule has 37 heavy (non-hydrogen) atoms. The summed E-state index contributed by atoms with van der Waals surface area (Å²) >= 11 is 0. The average Bonchev–Trinajstić information content (AvgIpc) is 3.20. The number of carbonyl (C=O) groups excluding carboxylic acids is 1. The van der Waals surface area contributed by atoms with Gasteiger partial charge in [-0.3, -0.25) is 14.9 Å². The van der Waals surface area contributed by atoms with E-state index in [9.17, 15) is 20.2 Å². The molecule has 1 amide bonds. The fourth-order valence-corrected chi connectivity index (χ4v) is 4.11. The molecule has 0 unspecified atom stereocenters. The second kappa shape index (κ2) is 10.1. The lowest BCUT2D eigenvalue weighted by Crippen LogP contribution is -2.14. The minimum atomic E-state index is -0.494. The molecule has 5 rings (SSSR count). The highest BCUT2D eigenvalue weighted by Gasteiger charge is 2.21. The molecule has 0 bridgehead atoms. The third kappa shape index (κ3) is 4.90. The zero-order valence-corrected chi connectivity index (χ0v) is 19.5. The van der Waals surface area contributed by atoms with Crippen LogP contribution in [0, 0.1) is 21.4 Å². The average molecular weight is 489 g/mol. The lowest BCUT2D eigenvalue weighted by Gasteiger charge is -2.11. The van der Waals surface area contributed by atoms with E-state index in [0.717, 1.165) is 5.56 Å². The van der Waals surface area contributed by atoms with Gasteiger partial charge in [0.05, 0.1) is 16.0 Å². The summed E-state index contributed by atoms with van der Waals surface area (Å²) in [4.78, 5) is 32.9. The Morgan fingerprint density at radius 2 is 1.76 bits per heavy atom. The molecule has 0 spiro atoms. The lowest BCUT2D eigenvalue weighted by atomic mass is 10.1. The summed E-state index contributed by atoms with van der Waals surface area (Å²) in [5.74, 6) is -0.186. The van der Waals surface area contributed by atoms with Crippen molar-refractivity contribution in [1.82, 2.24) is 14.5 Å². The monoisotopic (exact) mass is 488 g/mol. The number of fused-ring (bicyclic) bond motifs is 2. The number of hydrogen-bond donors (Lipinski definition) is 1. The molecule has 0 radical (unpaired) electrons. The number of nitrogens with zero attached hydrogens (tertiary/aromatic N) is 5. The Labute approximate surface area is 211 Å². The Hall–Kier alpha value is -5.36. The first-order valence-electron chi connectivity index (χ1n) is 11.5. The first-order chi connectivity index (χ1) is 18.0. The van der Waals surface area contributed by atoms with Crippen molar-refractivity contribution in [1.29, 1.82) is 5.26 Å². The fraction of sp³-hybridized carbons (Fsp3) is 0.0714. The lowest BCUT2D eigenvalue weighted by molar-refractivity contribution is -0.384. The summed E-state index contributed by atoms with van der Waals surface area (Å²) in [6.07, 6.45) is 3.41. The number of anilines is 1. The van der Waals surface area contributed by atoms with Gasteiger partial charge in [0.25, 0.3) is 5.69 Å². The standard InChI is InChI=1S/C28H20N6O3/c29-18-22-26-28(31-24-12-5-4-11-23(24)30-26)33(16-15-19-7-2-1-3-8-19)27(22)32-25(35)14-13-20-9-6-10-21(17-20)34(36)37/h1-14,17H,15-16H2,(H,32,35). The van der Waals surface area contributed by atoms with Crippen molar-refractivity contribution in [2.24, 2.45) is 0 Å². The normalized spacial score (nSPS) is 11.1. The van der Waals surface area contributed by atoms with Crippen LogP contribution in [0.15, 0.2) is 84.9 Å².